The van der Waals surface area contributed by atoms with Gasteiger partial charge in [0.25, 0.3) is 0 Å². The van der Waals surface area contributed by atoms with Gasteiger partial charge in [-0.1, -0.05) is 6.92 Å². The lowest BCUT2D eigenvalue weighted by Crippen LogP contribution is -2.17. The fourth-order valence-electron chi connectivity index (χ4n) is 3.04. The highest BCUT2D eigenvalue weighted by atomic mass is 32.1. The van der Waals surface area contributed by atoms with Gasteiger partial charge in [-0.2, -0.15) is 0 Å². The van der Waals surface area contributed by atoms with Crippen molar-refractivity contribution in [3.8, 4) is 10.8 Å². The van der Waals surface area contributed by atoms with Gasteiger partial charge in [-0.3, -0.25) is 4.90 Å². The second-order valence-corrected chi connectivity index (χ2v) is 7.71. The van der Waals surface area contributed by atoms with Crippen LogP contribution in [0.2, 0.25) is 0 Å². The molecule has 5 heteroatoms. The van der Waals surface area contributed by atoms with Crippen LogP contribution >= 0.6 is 11.3 Å². The highest BCUT2D eigenvalue weighted by Gasteiger charge is 2.36. The Labute approximate surface area is 146 Å². The zero-order valence-corrected chi connectivity index (χ0v) is 15.1. The van der Waals surface area contributed by atoms with E-state index in [4.69, 9.17) is 8.83 Å². The summed E-state index contributed by atoms with van der Waals surface area (Å²) in [5, 5.41) is 3.04. The highest BCUT2D eigenvalue weighted by Crippen LogP contribution is 2.47. The average molecular weight is 342 g/mol. The zero-order valence-electron chi connectivity index (χ0n) is 14.3. The van der Waals surface area contributed by atoms with Gasteiger partial charge in [-0.15, -0.1) is 11.3 Å². The molecule has 3 aromatic rings. The van der Waals surface area contributed by atoms with Crippen molar-refractivity contribution in [2.45, 2.75) is 39.3 Å². The molecular formula is C19H22N2O2S. The lowest BCUT2D eigenvalue weighted by Gasteiger charge is -2.13. The number of rotatable bonds is 6. The van der Waals surface area contributed by atoms with Crippen molar-refractivity contribution < 1.29 is 8.83 Å². The standard InChI is InChI=1S/C19H22N2O2S/c1-12-8-16(12)17-7-5-15(23-17)10-21(3)9-14-11-24-19(20-14)18-6-4-13(2)22-18/h4-7,11-12,16H,8-10H2,1-3H3/t12-,16+/m0/s1. The summed E-state index contributed by atoms with van der Waals surface area (Å²) in [4.78, 5) is 6.91. The van der Waals surface area contributed by atoms with Crippen LogP contribution in [0.1, 0.15) is 42.2 Å². The quantitative estimate of drug-likeness (QED) is 0.628. The van der Waals surface area contributed by atoms with Gasteiger partial charge < -0.3 is 8.83 Å². The normalized spacial score (nSPS) is 20.0. The first kappa shape index (κ1) is 15.7. The van der Waals surface area contributed by atoms with Gasteiger partial charge in [0.05, 0.1) is 12.2 Å². The molecule has 0 spiro atoms. The summed E-state index contributed by atoms with van der Waals surface area (Å²) in [5.41, 5.74) is 1.06. The van der Waals surface area contributed by atoms with Gasteiger partial charge in [0.1, 0.15) is 17.3 Å². The van der Waals surface area contributed by atoms with Gasteiger partial charge in [-0.05, 0) is 50.6 Å². The van der Waals surface area contributed by atoms with Gasteiger partial charge in [0.15, 0.2) is 10.8 Å². The van der Waals surface area contributed by atoms with E-state index in [2.05, 4.69) is 41.4 Å². The Morgan fingerprint density at radius 3 is 2.75 bits per heavy atom. The molecule has 0 amide bonds. The van der Waals surface area contributed by atoms with Crippen LogP contribution in [-0.2, 0) is 13.1 Å². The predicted octanol–water partition coefficient (Wildman–Crippen LogP) is 5.06. The molecule has 0 unspecified atom stereocenters. The van der Waals surface area contributed by atoms with Crippen LogP contribution in [0, 0.1) is 12.8 Å². The van der Waals surface area contributed by atoms with Gasteiger partial charge in [0.2, 0.25) is 0 Å². The molecule has 0 N–H and O–H groups in total. The third kappa shape index (κ3) is 3.32. The van der Waals surface area contributed by atoms with E-state index in [1.54, 1.807) is 11.3 Å². The van der Waals surface area contributed by atoms with Crippen LogP contribution in [0.4, 0.5) is 0 Å². The maximum atomic E-state index is 5.99. The van der Waals surface area contributed by atoms with Crippen LogP contribution in [-0.4, -0.2) is 16.9 Å². The molecule has 0 radical (unpaired) electrons. The fraction of sp³-hybridized carbons (Fsp3) is 0.421. The summed E-state index contributed by atoms with van der Waals surface area (Å²) in [6.45, 7) is 5.82. The molecule has 3 aromatic heterocycles. The Morgan fingerprint density at radius 2 is 2.04 bits per heavy atom. The first-order chi connectivity index (χ1) is 11.6. The molecule has 3 heterocycles. The van der Waals surface area contributed by atoms with Gasteiger partial charge in [-0.25, -0.2) is 4.98 Å². The number of aryl methyl sites for hydroxylation is 1. The predicted molar refractivity (Wildman–Crippen MR) is 95.0 cm³/mol. The minimum Gasteiger partial charge on any atom is -0.464 e. The maximum absolute atomic E-state index is 5.99. The maximum Gasteiger partial charge on any atom is 0.162 e. The number of furan rings is 2. The topological polar surface area (TPSA) is 42.4 Å². The molecule has 1 fully saturated rings. The minimum atomic E-state index is 0.641. The minimum absolute atomic E-state index is 0.641. The van der Waals surface area contributed by atoms with E-state index in [1.165, 1.54) is 6.42 Å². The van der Waals surface area contributed by atoms with Crippen molar-refractivity contribution in [1.29, 1.82) is 0 Å². The summed E-state index contributed by atoms with van der Waals surface area (Å²) in [6, 6.07) is 8.19. The van der Waals surface area contributed by atoms with Crippen LogP contribution < -0.4 is 0 Å². The van der Waals surface area contributed by atoms with Crippen LogP contribution in [0.25, 0.3) is 10.8 Å². The Hall–Kier alpha value is -1.85. The van der Waals surface area contributed by atoms with Crippen molar-refractivity contribution >= 4 is 11.3 Å². The molecule has 1 aliphatic rings. The Morgan fingerprint density at radius 1 is 1.21 bits per heavy atom. The highest BCUT2D eigenvalue weighted by molar-refractivity contribution is 7.13. The van der Waals surface area contributed by atoms with Crippen LogP contribution in [0.3, 0.4) is 0 Å². The molecule has 0 bridgehead atoms. The zero-order chi connectivity index (χ0) is 16.7. The summed E-state index contributed by atoms with van der Waals surface area (Å²) < 4.78 is 11.6. The van der Waals surface area contributed by atoms with E-state index in [0.717, 1.165) is 52.7 Å². The summed E-state index contributed by atoms with van der Waals surface area (Å²) in [6.07, 6.45) is 1.26. The second-order valence-electron chi connectivity index (χ2n) is 6.85. The average Bonchev–Trinajstić information content (AvgIpc) is 2.97. The molecule has 1 saturated carbocycles. The van der Waals surface area contributed by atoms with E-state index in [0.29, 0.717) is 5.92 Å². The fourth-order valence-corrected chi connectivity index (χ4v) is 3.81. The van der Waals surface area contributed by atoms with E-state index in [-0.39, 0.29) is 0 Å². The lowest BCUT2D eigenvalue weighted by molar-refractivity contribution is 0.281. The first-order valence-electron chi connectivity index (χ1n) is 8.37. The monoisotopic (exact) mass is 342 g/mol. The smallest absolute Gasteiger partial charge is 0.162 e. The number of hydrogen-bond acceptors (Lipinski definition) is 5. The van der Waals surface area contributed by atoms with Crippen molar-refractivity contribution in [2.24, 2.45) is 5.92 Å². The van der Waals surface area contributed by atoms with Crippen LogP contribution in [0.5, 0.6) is 0 Å². The molecule has 2 atom stereocenters. The number of hydrogen-bond donors (Lipinski definition) is 0. The second kappa shape index (κ2) is 6.22. The van der Waals surface area contributed by atoms with Crippen molar-refractivity contribution in [3.63, 3.8) is 0 Å². The molecule has 4 nitrogen and oxygen atoms in total. The molecule has 24 heavy (non-hydrogen) atoms. The third-order valence-electron chi connectivity index (χ3n) is 4.52. The van der Waals surface area contributed by atoms with Crippen molar-refractivity contribution in [3.05, 3.63) is 52.6 Å². The van der Waals surface area contributed by atoms with Crippen LogP contribution in [0.15, 0.2) is 38.5 Å². The van der Waals surface area contributed by atoms with Gasteiger partial charge >= 0.3 is 0 Å². The van der Waals surface area contributed by atoms with Gasteiger partial charge in [0, 0.05) is 17.8 Å². The molecule has 0 aliphatic heterocycles. The third-order valence-corrected chi connectivity index (χ3v) is 5.42. The number of thiazole rings is 1. The molecule has 0 saturated heterocycles. The van der Waals surface area contributed by atoms with E-state index < -0.39 is 0 Å². The summed E-state index contributed by atoms with van der Waals surface area (Å²) >= 11 is 1.63. The summed E-state index contributed by atoms with van der Waals surface area (Å²) in [7, 11) is 2.10. The Balaban J connectivity index is 1.36. The Kier molecular flexibility index (Phi) is 4.06. The van der Waals surface area contributed by atoms with E-state index in [9.17, 15) is 0 Å². The summed E-state index contributed by atoms with van der Waals surface area (Å²) in [5.74, 6) is 5.36. The first-order valence-corrected chi connectivity index (χ1v) is 9.25. The molecule has 0 aromatic carbocycles. The molecular weight excluding hydrogens is 320 g/mol. The largest absolute Gasteiger partial charge is 0.464 e. The number of nitrogens with zero attached hydrogens (tertiary/aromatic N) is 2. The number of aromatic nitrogens is 1. The van der Waals surface area contributed by atoms with Crippen molar-refractivity contribution in [2.75, 3.05) is 7.05 Å². The Bertz CT molecular complexity index is 832. The molecule has 4 rings (SSSR count). The van der Waals surface area contributed by atoms with E-state index >= 15 is 0 Å². The van der Waals surface area contributed by atoms with Crippen molar-refractivity contribution in [1.82, 2.24) is 9.88 Å². The molecule has 1 aliphatic carbocycles. The molecule has 126 valence electrons. The SMILES string of the molecule is Cc1ccc(-c2nc(CN(C)Cc3ccc([C@@H]4C[C@@H]4C)o3)cs2)o1. The van der Waals surface area contributed by atoms with E-state index in [1.807, 2.05) is 19.1 Å². The lowest BCUT2D eigenvalue weighted by atomic mass is 10.3.